The summed E-state index contributed by atoms with van der Waals surface area (Å²) in [4.78, 5) is 0. The molecule has 0 radical (unpaired) electrons. The highest BCUT2D eigenvalue weighted by atomic mass is 32.2. The van der Waals surface area contributed by atoms with Gasteiger partial charge in [0.25, 0.3) is 0 Å². The number of hydrogen-bond donors (Lipinski definition) is 2. The van der Waals surface area contributed by atoms with Crippen molar-refractivity contribution in [1.29, 1.82) is 4.78 Å². The summed E-state index contributed by atoms with van der Waals surface area (Å²) in [7, 11) is -2.27. The van der Waals surface area contributed by atoms with E-state index in [0.717, 1.165) is 19.5 Å². The standard InChI is InChI=1S/C5H12N2OS/c1-9(6,8)5-2-3-7-4-5/h5-7H,2-4H2,1H3/t5-,9?/m0/s1. The normalized spacial score (nSPS) is 34.1. The van der Waals surface area contributed by atoms with Crippen LogP contribution >= 0.6 is 0 Å². The third-order valence-electron chi connectivity index (χ3n) is 1.65. The molecule has 2 atom stereocenters. The Morgan fingerprint density at radius 2 is 2.44 bits per heavy atom. The van der Waals surface area contributed by atoms with E-state index < -0.39 is 9.73 Å². The van der Waals surface area contributed by atoms with Gasteiger partial charge in [-0.2, -0.15) is 0 Å². The quantitative estimate of drug-likeness (QED) is 0.551. The van der Waals surface area contributed by atoms with Crippen LogP contribution in [0.1, 0.15) is 6.42 Å². The van der Waals surface area contributed by atoms with Crippen LogP contribution in [0.15, 0.2) is 0 Å². The molecule has 1 unspecified atom stereocenters. The van der Waals surface area contributed by atoms with Crippen LogP contribution in [0.4, 0.5) is 0 Å². The summed E-state index contributed by atoms with van der Waals surface area (Å²) in [5.41, 5.74) is 0. The molecular weight excluding hydrogens is 136 g/mol. The fraction of sp³-hybridized carbons (Fsp3) is 1.00. The van der Waals surface area contributed by atoms with Crippen LogP contribution in [0.3, 0.4) is 0 Å². The van der Waals surface area contributed by atoms with E-state index >= 15 is 0 Å². The minimum atomic E-state index is -2.27. The van der Waals surface area contributed by atoms with Crippen molar-refractivity contribution in [3.8, 4) is 0 Å². The number of nitrogens with one attached hydrogen (secondary N) is 2. The largest absolute Gasteiger partial charge is 0.315 e. The summed E-state index contributed by atoms with van der Waals surface area (Å²) < 4.78 is 18.2. The van der Waals surface area contributed by atoms with E-state index in [1.54, 1.807) is 0 Å². The highest BCUT2D eigenvalue weighted by Crippen LogP contribution is 2.07. The third kappa shape index (κ3) is 1.66. The third-order valence-corrected chi connectivity index (χ3v) is 3.33. The second kappa shape index (κ2) is 2.27. The summed E-state index contributed by atoms with van der Waals surface area (Å²) in [6.07, 6.45) is 2.42. The lowest BCUT2D eigenvalue weighted by molar-refractivity contribution is 0.667. The molecule has 3 nitrogen and oxygen atoms in total. The molecule has 1 rings (SSSR count). The minimum Gasteiger partial charge on any atom is -0.315 e. The molecule has 0 bridgehead atoms. The van der Waals surface area contributed by atoms with Crippen molar-refractivity contribution in [2.75, 3.05) is 19.3 Å². The Balaban J connectivity index is 2.63. The Morgan fingerprint density at radius 1 is 1.78 bits per heavy atom. The van der Waals surface area contributed by atoms with Gasteiger partial charge in [-0.3, -0.25) is 4.78 Å². The van der Waals surface area contributed by atoms with Crippen LogP contribution < -0.4 is 5.32 Å². The lowest BCUT2D eigenvalue weighted by Gasteiger charge is -2.06. The highest BCUT2D eigenvalue weighted by Gasteiger charge is 2.20. The maximum absolute atomic E-state index is 11.0. The van der Waals surface area contributed by atoms with Crippen molar-refractivity contribution < 1.29 is 4.21 Å². The van der Waals surface area contributed by atoms with E-state index in [0.29, 0.717) is 0 Å². The molecule has 4 heteroatoms. The van der Waals surface area contributed by atoms with Gasteiger partial charge in [0.2, 0.25) is 0 Å². The Hall–Kier alpha value is -0.0900. The maximum Gasteiger partial charge on any atom is 0.0562 e. The second-order valence-corrected chi connectivity index (χ2v) is 4.99. The topological polar surface area (TPSA) is 53.0 Å². The van der Waals surface area contributed by atoms with Gasteiger partial charge in [-0.25, -0.2) is 4.21 Å². The van der Waals surface area contributed by atoms with Crippen molar-refractivity contribution in [3.05, 3.63) is 0 Å². The molecule has 9 heavy (non-hydrogen) atoms. The van der Waals surface area contributed by atoms with Gasteiger partial charge in [0, 0.05) is 22.5 Å². The van der Waals surface area contributed by atoms with Crippen LogP contribution in [-0.4, -0.2) is 28.8 Å². The minimum absolute atomic E-state index is 0.0949. The molecule has 0 aromatic rings. The monoisotopic (exact) mass is 148 g/mol. The first-order valence-corrected chi connectivity index (χ1v) is 5.07. The Labute approximate surface area is 55.8 Å². The van der Waals surface area contributed by atoms with Gasteiger partial charge >= 0.3 is 0 Å². The van der Waals surface area contributed by atoms with Crippen molar-refractivity contribution in [2.24, 2.45) is 0 Å². The van der Waals surface area contributed by atoms with Gasteiger partial charge in [-0.15, -0.1) is 0 Å². The predicted molar refractivity (Wildman–Crippen MR) is 38.1 cm³/mol. The van der Waals surface area contributed by atoms with Crippen molar-refractivity contribution in [2.45, 2.75) is 11.7 Å². The molecule has 0 aliphatic carbocycles. The van der Waals surface area contributed by atoms with Crippen LogP contribution in [0.2, 0.25) is 0 Å². The summed E-state index contributed by atoms with van der Waals surface area (Å²) in [5.74, 6) is 0. The fourth-order valence-corrected chi connectivity index (χ4v) is 2.02. The van der Waals surface area contributed by atoms with Gasteiger partial charge in [-0.1, -0.05) is 0 Å². The van der Waals surface area contributed by atoms with E-state index in [4.69, 9.17) is 4.78 Å². The first-order valence-electron chi connectivity index (χ1n) is 3.04. The van der Waals surface area contributed by atoms with Gasteiger partial charge < -0.3 is 5.32 Å². The Bertz CT molecular complexity index is 179. The molecule has 54 valence electrons. The first-order chi connectivity index (χ1) is 4.11. The molecule has 1 saturated heterocycles. The predicted octanol–water partition coefficient (Wildman–Crippen LogP) is 0.0249. The lowest BCUT2D eigenvalue weighted by atomic mass is 10.4. The van der Waals surface area contributed by atoms with Crippen molar-refractivity contribution in [1.82, 2.24) is 5.32 Å². The highest BCUT2D eigenvalue weighted by molar-refractivity contribution is 7.92. The molecule has 1 aliphatic heterocycles. The number of rotatable bonds is 1. The van der Waals surface area contributed by atoms with Gasteiger partial charge in [-0.05, 0) is 13.0 Å². The summed E-state index contributed by atoms with van der Waals surface area (Å²) in [6.45, 7) is 1.69. The van der Waals surface area contributed by atoms with Crippen LogP contribution in [0.25, 0.3) is 0 Å². The van der Waals surface area contributed by atoms with Crippen LogP contribution in [0, 0.1) is 4.78 Å². The Kier molecular flexibility index (Phi) is 1.77. The molecule has 0 aromatic carbocycles. The van der Waals surface area contributed by atoms with Gasteiger partial charge in [0.05, 0.1) is 5.25 Å². The second-order valence-electron chi connectivity index (χ2n) is 2.52. The molecule has 1 aliphatic rings. The summed E-state index contributed by atoms with van der Waals surface area (Å²) in [5, 5.41) is 3.17. The molecular formula is C5H12N2OS. The lowest BCUT2D eigenvalue weighted by Crippen LogP contribution is -2.21. The van der Waals surface area contributed by atoms with E-state index in [9.17, 15) is 4.21 Å². The summed E-state index contributed by atoms with van der Waals surface area (Å²) in [6, 6.07) is 0. The van der Waals surface area contributed by atoms with Crippen molar-refractivity contribution >= 4 is 9.73 Å². The van der Waals surface area contributed by atoms with E-state index in [-0.39, 0.29) is 5.25 Å². The van der Waals surface area contributed by atoms with Gasteiger partial charge in [0.15, 0.2) is 0 Å². The molecule has 0 aromatic heterocycles. The average Bonchev–Trinajstić information content (AvgIpc) is 2.08. The zero-order chi connectivity index (χ0) is 6.91. The van der Waals surface area contributed by atoms with Crippen LogP contribution in [-0.2, 0) is 9.73 Å². The van der Waals surface area contributed by atoms with E-state index in [1.165, 1.54) is 6.26 Å². The Morgan fingerprint density at radius 3 is 2.67 bits per heavy atom. The molecule has 0 saturated carbocycles. The SMILES string of the molecule is CS(=N)(=O)[C@H]1CCNC1. The average molecular weight is 148 g/mol. The van der Waals surface area contributed by atoms with E-state index in [2.05, 4.69) is 5.32 Å². The molecule has 0 spiro atoms. The van der Waals surface area contributed by atoms with E-state index in [1.807, 2.05) is 0 Å². The maximum atomic E-state index is 11.0. The summed E-state index contributed by atoms with van der Waals surface area (Å²) >= 11 is 0. The molecule has 0 amide bonds. The zero-order valence-corrected chi connectivity index (χ0v) is 6.33. The first kappa shape index (κ1) is 7.02. The van der Waals surface area contributed by atoms with Crippen LogP contribution in [0.5, 0.6) is 0 Å². The van der Waals surface area contributed by atoms with Crippen molar-refractivity contribution in [3.63, 3.8) is 0 Å². The smallest absolute Gasteiger partial charge is 0.0562 e. The molecule has 1 heterocycles. The number of hydrogen-bond acceptors (Lipinski definition) is 3. The zero-order valence-electron chi connectivity index (χ0n) is 5.52. The molecule has 1 fully saturated rings. The van der Waals surface area contributed by atoms with Gasteiger partial charge in [0.1, 0.15) is 0 Å². The molecule has 2 N–H and O–H groups in total. The fourth-order valence-electron chi connectivity index (χ4n) is 1.01.